The first-order valence-electron chi connectivity index (χ1n) is 9.12. The van der Waals surface area contributed by atoms with Gasteiger partial charge in [-0.15, -0.1) is 5.10 Å². The first-order chi connectivity index (χ1) is 13.7. The molecule has 0 spiro atoms. The first kappa shape index (κ1) is 17.9. The summed E-state index contributed by atoms with van der Waals surface area (Å²) in [7, 11) is 1.57. The standard InChI is InChI=1S/C19H21N7O2/c1-28-18-11-17(20-13-21-18)23-14-7-9-25(10-8-14)19(27)16-12-22-26(24-16)15-5-3-2-4-6-15/h2-6,11-14H,7-10H2,1H3,(H,20,21,23). The van der Waals surface area contributed by atoms with Crippen molar-refractivity contribution in [2.45, 2.75) is 18.9 Å². The molecule has 1 aromatic carbocycles. The molecule has 0 bridgehead atoms. The van der Waals surface area contributed by atoms with E-state index in [4.69, 9.17) is 4.74 Å². The van der Waals surface area contributed by atoms with Crippen molar-refractivity contribution in [3.8, 4) is 11.6 Å². The number of amides is 1. The fourth-order valence-corrected chi connectivity index (χ4v) is 3.17. The van der Waals surface area contributed by atoms with Crippen molar-refractivity contribution in [3.05, 3.63) is 54.6 Å². The highest BCUT2D eigenvalue weighted by Gasteiger charge is 2.25. The van der Waals surface area contributed by atoms with Crippen molar-refractivity contribution in [1.82, 2.24) is 29.9 Å². The van der Waals surface area contributed by atoms with Crippen LogP contribution in [0.2, 0.25) is 0 Å². The zero-order valence-electron chi connectivity index (χ0n) is 15.5. The van der Waals surface area contributed by atoms with E-state index < -0.39 is 0 Å². The largest absolute Gasteiger partial charge is 0.481 e. The first-order valence-corrected chi connectivity index (χ1v) is 9.12. The number of carbonyl (C=O) groups is 1. The minimum atomic E-state index is -0.0932. The van der Waals surface area contributed by atoms with Crippen LogP contribution in [0.4, 0.5) is 5.82 Å². The second-order valence-electron chi connectivity index (χ2n) is 6.51. The second kappa shape index (κ2) is 8.03. The molecular weight excluding hydrogens is 358 g/mol. The summed E-state index contributed by atoms with van der Waals surface area (Å²) in [5.41, 5.74) is 1.18. The summed E-state index contributed by atoms with van der Waals surface area (Å²) in [4.78, 5) is 24.3. The van der Waals surface area contributed by atoms with Crippen molar-refractivity contribution < 1.29 is 9.53 Å². The monoisotopic (exact) mass is 379 g/mol. The van der Waals surface area contributed by atoms with Crippen molar-refractivity contribution in [3.63, 3.8) is 0 Å². The van der Waals surface area contributed by atoms with Crippen LogP contribution in [-0.2, 0) is 0 Å². The molecule has 0 radical (unpaired) electrons. The number of anilines is 1. The summed E-state index contributed by atoms with van der Waals surface area (Å²) in [5, 5.41) is 11.9. The fourth-order valence-electron chi connectivity index (χ4n) is 3.17. The van der Waals surface area contributed by atoms with E-state index in [1.165, 1.54) is 17.3 Å². The predicted octanol–water partition coefficient (Wildman–Crippen LogP) is 1.78. The van der Waals surface area contributed by atoms with E-state index >= 15 is 0 Å². The fraction of sp³-hybridized carbons (Fsp3) is 0.316. The van der Waals surface area contributed by atoms with E-state index in [1.54, 1.807) is 13.2 Å². The highest BCUT2D eigenvalue weighted by Crippen LogP contribution is 2.18. The summed E-state index contributed by atoms with van der Waals surface area (Å²) in [6.07, 6.45) is 4.64. The number of aromatic nitrogens is 5. The molecule has 1 aliphatic heterocycles. The molecule has 28 heavy (non-hydrogen) atoms. The Morgan fingerprint density at radius 1 is 1.18 bits per heavy atom. The van der Waals surface area contributed by atoms with E-state index in [0.29, 0.717) is 24.7 Å². The van der Waals surface area contributed by atoms with Crippen LogP contribution in [0.3, 0.4) is 0 Å². The number of ether oxygens (including phenoxy) is 1. The molecule has 0 aliphatic carbocycles. The maximum Gasteiger partial charge on any atom is 0.276 e. The van der Waals surface area contributed by atoms with Crippen LogP contribution in [-0.4, -0.2) is 62.0 Å². The highest BCUT2D eigenvalue weighted by atomic mass is 16.5. The summed E-state index contributed by atoms with van der Waals surface area (Å²) in [5.74, 6) is 1.15. The molecule has 0 saturated carbocycles. The van der Waals surface area contributed by atoms with Gasteiger partial charge in [0, 0.05) is 25.2 Å². The number of nitrogens with zero attached hydrogens (tertiary/aromatic N) is 6. The molecular formula is C19H21N7O2. The molecule has 1 N–H and O–H groups in total. The van der Waals surface area contributed by atoms with Crippen molar-refractivity contribution in [2.24, 2.45) is 0 Å². The van der Waals surface area contributed by atoms with Crippen LogP contribution in [0.5, 0.6) is 5.88 Å². The molecule has 0 atom stereocenters. The maximum atomic E-state index is 12.7. The Labute approximate surface area is 162 Å². The number of para-hydroxylation sites is 1. The minimum Gasteiger partial charge on any atom is -0.481 e. The van der Waals surface area contributed by atoms with Gasteiger partial charge < -0.3 is 15.0 Å². The van der Waals surface area contributed by atoms with Crippen molar-refractivity contribution >= 4 is 11.7 Å². The van der Waals surface area contributed by atoms with E-state index in [2.05, 4.69) is 25.5 Å². The lowest BCUT2D eigenvalue weighted by Gasteiger charge is -2.32. The topological polar surface area (TPSA) is 98.1 Å². The number of nitrogens with one attached hydrogen (secondary N) is 1. The Hall–Kier alpha value is -3.49. The molecule has 4 rings (SSSR count). The molecule has 1 aliphatic rings. The maximum absolute atomic E-state index is 12.7. The van der Waals surface area contributed by atoms with Gasteiger partial charge in [-0.3, -0.25) is 4.79 Å². The van der Waals surface area contributed by atoms with Crippen LogP contribution in [0.1, 0.15) is 23.3 Å². The van der Waals surface area contributed by atoms with Crippen LogP contribution >= 0.6 is 0 Å². The quantitative estimate of drug-likeness (QED) is 0.721. The lowest BCUT2D eigenvalue weighted by molar-refractivity contribution is 0.0712. The number of likely N-dealkylation sites (tertiary alicyclic amines) is 1. The number of rotatable bonds is 5. The minimum absolute atomic E-state index is 0.0932. The summed E-state index contributed by atoms with van der Waals surface area (Å²) >= 11 is 0. The van der Waals surface area contributed by atoms with Gasteiger partial charge in [-0.1, -0.05) is 18.2 Å². The molecule has 0 unspecified atom stereocenters. The van der Waals surface area contributed by atoms with Gasteiger partial charge in [-0.05, 0) is 25.0 Å². The molecule has 1 amide bonds. The lowest BCUT2D eigenvalue weighted by atomic mass is 10.0. The van der Waals surface area contributed by atoms with Crippen LogP contribution in [0.25, 0.3) is 5.69 Å². The normalized spacial score (nSPS) is 14.7. The summed E-state index contributed by atoms with van der Waals surface area (Å²) in [6, 6.07) is 11.5. The second-order valence-corrected chi connectivity index (χ2v) is 6.51. The van der Waals surface area contributed by atoms with Gasteiger partial charge in [0.2, 0.25) is 5.88 Å². The zero-order valence-corrected chi connectivity index (χ0v) is 15.5. The molecule has 1 fully saturated rings. The van der Waals surface area contributed by atoms with Gasteiger partial charge in [0.25, 0.3) is 5.91 Å². The number of benzene rings is 1. The molecule has 3 aromatic rings. The Balaban J connectivity index is 1.34. The smallest absolute Gasteiger partial charge is 0.276 e. The molecule has 3 heterocycles. The SMILES string of the molecule is COc1cc(NC2CCN(C(=O)c3cnn(-c4ccccc4)n3)CC2)ncn1. The molecule has 144 valence electrons. The number of carbonyl (C=O) groups excluding carboxylic acids is 1. The third kappa shape index (κ3) is 3.93. The van der Waals surface area contributed by atoms with E-state index in [-0.39, 0.29) is 11.9 Å². The van der Waals surface area contributed by atoms with Crippen LogP contribution < -0.4 is 10.1 Å². The summed E-state index contributed by atoms with van der Waals surface area (Å²) in [6.45, 7) is 1.30. The average molecular weight is 379 g/mol. The Morgan fingerprint density at radius 3 is 2.71 bits per heavy atom. The number of hydrogen-bond acceptors (Lipinski definition) is 7. The number of methoxy groups -OCH3 is 1. The zero-order chi connectivity index (χ0) is 19.3. The van der Waals surface area contributed by atoms with Gasteiger partial charge >= 0.3 is 0 Å². The van der Waals surface area contributed by atoms with Gasteiger partial charge in [0.05, 0.1) is 19.0 Å². The summed E-state index contributed by atoms with van der Waals surface area (Å²) < 4.78 is 5.12. The average Bonchev–Trinajstić information content (AvgIpc) is 3.25. The van der Waals surface area contributed by atoms with Gasteiger partial charge in [-0.25, -0.2) is 9.97 Å². The van der Waals surface area contributed by atoms with E-state index in [1.807, 2.05) is 35.2 Å². The third-order valence-electron chi connectivity index (χ3n) is 4.68. The van der Waals surface area contributed by atoms with Crippen LogP contribution in [0, 0.1) is 0 Å². The van der Waals surface area contributed by atoms with E-state index in [0.717, 1.165) is 24.3 Å². The highest BCUT2D eigenvalue weighted by molar-refractivity contribution is 5.92. The van der Waals surface area contributed by atoms with Crippen LogP contribution in [0.15, 0.2) is 48.9 Å². The Kier molecular flexibility index (Phi) is 5.14. The Morgan fingerprint density at radius 2 is 1.96 bits per heavy atom. The lowest BCUT2D eigenvalue weighted by Crippen LogP contribution is -2.42. The van der Waals surface area contributed by atoms with Gasteiger partial charge in [0.1, 0.15) is 12.1 Å². The molecule has 1 saturated heterocycles. The third-order valence-corrected chi connectivity index (χ3v) is 4.68. The Bertz CT molecular complexity index is 936. The molecule has 9 heteroatoms. The number of hydrogen-bond donors (Lipinski definition) is 1. The van der Waals surface area contributed by atoms with Gasteiger partial charge in [-0.2, -0.15) is 9.90 Å². The molecule has 2 aromatic heterocycles. The van der Waals surface area contributed by atoms with Gasteiger partial charge in [0.15, 0.2) is 5.69 Å². The number of piperidine rings is 1. The van der Waals surface area contributed by atoms with E-state index in [9.17, 15) is 4.79 Å². The molecule has 9 nitrogen and oxygen atoms in total. The predicted molar refractivity (Wildman–Crippen MR) is 102 cm³/mol. The van der Waals surface area contributed by atoms with Crippen molar-refractivity contribution in [2.75, 3.05) is 25.5 Å². The van der Waals surface area contributed by atoms with Crippen molar-refractivity contribution in [1.29, 1.82) is 0 Å².